The maximum atomic E-state index is 13.2. The van der Waals surface area contributed by atoms with Gasteiger partial charge in [-0.3, -0.25) is 4.79 Å². The van der Waals surface area contributed by atoms with E-state index in [0.717, 1.165) is 21.8 Å². The van der Waals surface area contributed by atoms with E-state index in [4.69, 9.17) is 5.11 Å². The molecule has 2 N–H and O–H groups in total. The molecule has 1 amide bonds. The van der Waals surface area contributed by atoms with Crippen LogP contribution in [0.2, 0.25) is 0 Å². The monoisotopic (exact) mass is 321 g/mol. The van der Waals surface area contributed by atoms with Crippen LogP contribution in [-0.4, -0.2) is 17.0 Å². The van der Waals surface area contributed by atoms with Gasteiger partial charge in [0.05, 0.1) is 6.54 Å². The fourth-order valence-corrected chi connectivity index (χ4v) is 2.84. The number of amides is 1. The van der Waals surface area contributed by atoms with Crippen molar-refractivity contribution in [3.63, 3.8) is 0 Å². The summed E-state index contributed by atoms with van der Waals surface area (Å²) < 4.78 is 13.2. The van der Waals surface area contributed by atoms with Crippen molar-refractivity contribution in [3.05, 3.63) is 57.5 Å². The van der Waals surface area contributed by atoms with E-state index >= 15 is 0 Å². The second-order valence-electron chi connectivity index (χ2n) is 5.01. The van der Waals surface area contributed by atoms with Crippen LogP contribution in [0.4, 0.5) is 4.39 Å². The van der Waals surface area contributed by atoms with Gasteiger partial charge in [0.2, 0.25) is 5.91 Å². The lowest BCUT2D eigenvalue weighted by molar-refractivity contribution is -0.121. The molecule has 22 heavy (non-hydrogen) atoms. The van der Waals surface area contributed by atoms with Crippen LogP contribution in [0.25, 0.3) is 0 Å². The summed E-state index contributed by atoms with van der Waals surface area (Å²) in [6.07, 6.45) is 0.251. The lowest BCUT2D eigenvalue weighted by Crippen LogP contribution is -2.23. The highest BCUT2D eigenvalue weighted by atomic mass is 32.1. The lowest BCUT2D eigenvalue weighted by Gasteiger charge is -2.11. The van der Waals surface area contributed by atoms with E-state index in [1.54, 1.807) is 18.2 Å². The fraction of sp³-hybridized carbons (Fsp3) is 0.250. The third-order valence-corrected chi connectivity index (χ3v) is 4.31. The van der Waals surface area contributed by atoms with Crippen LogP contribution in [0.5, 0.6) is 0 Å². The minimum Gasteiger partial charge on any atom is -0.477 e. The minimum absolute atomic E-state index is 0.0892. The normalized spacial score (nSPS) is 11.9. The highest BCUT2D eigenvalue weighted by Gasteiger charge is 2.13. The quantitative estimate of drug-likeness (QED) is 0.857. The fourth-order valence-electron chi connectivity index (χ4n) is 2.05. The molecule has 4 nitrogen and oxygen atoms in total. The number of rotatable bonds is 6. The molecule has 0 aliphatic heterocycles. The first-order valence-electron chi connectivity index (χ1n) is 6.80. The van der Waals surface area contributed by atoms with Gasteiger partial charge in [-0.1, -0.05) is 19.1 Å². The average Bonchev–Trinajstić information content (AvgIpc) is 2.94. The van der Waals surface area contributed by atoms with E-state index in [9.17, 15) is 14.0 Å². The largest absolute Gasteiger partial charge is 0.477 e. The van der Waals surface area contributed by atoms with E-state index in [2.05, 4.69) is 5.32 Å². The first-order chi connectivity index (χ1) is 10.5. The van der Waals surface area contributed by atoms with Gasteiger partial charge in [0.25, 0.3) is 0 Å². The molecule has 0 fully saturated rings. The molecule has 0 bridgehead atoms. The molecule has 116 valence electrons. The standard InChI is InChI=1S/C16H16FNO3S/c1-10(11-3-2-4-12(17)8-11)7-15(19)18-9-13-5-6-14(22-13)16(20)21/h2-6,8,10H,7,9H2,1H3,(H,18,19)(H,20,21). The molecule has 1 unspecified atom stereocenters. The molecule has 1 aromatic heterocycles. The number of thiophene rings is 1. The number of carbonyl (C=O) groups is 2. The number of hydrogen-bond acceptors (Lipinski definition) is 3. The summed E-state index contributed by atoms with van der Waals surface area (Å²) in [5.74, 6) is -1.53. The number of benzene rings is 1. The summed E-state index contributed by atoms with van der Waals surface area (Å²) in [7, 11) is 0. The third-order valence-electron chi connectivity index (χ3n) is 3.24. The number of carbonyl (C=O) groups excluding carboxylic acids is 1. The first-order valence-corrected chi connectivity index (χ1v) is 7.61. The summed E-state index contributed by atoms with van der Waals surface area (Å²) >= 11 is 1.14. The highest BCUT2D eigenvalue weighted by molar-refractivity contribution is 7.13. The van der Waals surface area contributed by atoms with Crippen molar-refractivity contribution in [2.24, 2.45) is 0 Å². The number of carboxylic acids is 1. The first kappa shape index (κ1) is 16.2. The van der Waals surface area contributed by atoms with Gasteiger partial charge in [-0.15, -0.1) is 11.3 Å². The Kier molecular flexibility index (Phi) is 5.27. The van der Waals surface area contributed by atoms with Crippen LogP contribution in [0.3, 0.4) is 0 Å². The Bertz CT molecular complexity index is 684. The van der Waals surface area contributed by atoms with Gasteiger partial charge in [-0.25, -0.2) is 9.18 Å². The zero-order chi connectivity index (χ0) is 16.1. The van der Waals surface area contributed by atoms with E-state index < -0.39 is 5.97 Å². The Morgan fingerprint density at radius 1 is 1.32 bits per heavy atom. The number of carboxylic acid groups (broad SMARTS) is 1. The number of hydrogen-bond donors (Lipinski definition) is 2. The zero-order valence-electron chi connectivity index (χ0n) is 12.0. The van der Waals surface area contributed by atoms with Crippen molar-refractivity contribution in [2.45, 2.75) is 25.8 Å². The summed E-state index contributed by atoms with van der Waals surface area (Å²) in [5.41, 5.74) is 0.777. The molecule has 2 rings (SSSR count). The molecule has 2 aromatic rings. The second kappa shape index (κ2) is 7.17. The molecular weight excluding hydrogens is 305 g/mol. The highest BCUT2D eigenvalue weighted by Crippen LogP contribution is 2.20. The molecule has 0 saturated heterocycles. The van der Waals surface area contributed by atoms with Crippen molar-refractivity contribution >= 4 is 23.2 Å². The summed E-state index contributed by atoms with van der Waals surface area (Å²) in [6.45, 7) is 2.16. The van der Waals surface area contributed by atoms with E-state index in [0.29, 0.717) is 6.54 Å². The van der Waals surface area contributed by atoms with Crippen LogP contribution >= 0.6 is 11.3 Å². The molecule has 6 heteroatoms. The molecule has 0 aliphatic rings. The Morgan fingerprint density at radius 3 is 2.73 bits per heavy atom. The van der Waals surface area contributed by atoms with E-state index in [-0.39, 0.29) is 28.9 Å². The number of halogens is 1. The molecule has 1 atom stereocenters. The molecule has 0 saturated carbocycles. The van der Waals surface area contributed by atoms with Gasteiger partial charge in [0, 0.05) is 11.3 Å². The smallest absolute Gasteiger partial charge is 0.345 e. The number of nitrogens with one attached hydrogen (secondary N) is 1. The average molecular weight is 321 g/mol. The van der Waals surface area contributed by atoms with Crippen molar-refractivity contribution in [1.29, 1.82) is 0 Å². The maximum Gasteiger partial charge on any atom is 0.345 e. The molecule has 0 radical (unpaired) electrons. The van der Waals surface area contributed by atoms with Crippen LogP contribution < -0.4 is 5.32 Å². The summed E-state index contributed by atoms with van der Waals surface area (Å²) in [6, 6.07) is 9.41. The molecule has 0 spiro atoms. The van der Waals surface area contributed by atoms with Crippen molar-refractivity contribution in [1.82, 2.24) is 5.32 Å². The molecule has 1 aromatic carbocycles. The minimum atomic E-state index is -0.970. The van der Waals surface area contributed by atoms with Gasteiger partial charge in [0.15, 0.2) is 0 Å². The van der Waals surface area contributed by atoms with Gasteiger partial charge < -0.3 is 10.4 Å². The van der Waals surface area contributed by atoms with E-state index in [1.165, 1.54) is 18.2 Å². The van der Waals surface area contributed by atoms with Crippen molar-refractivity contribution in [3.8, 4) is 0 Å². The second-order valence-corrected chi connectivity index (χ2v) is 6.18. The predicted octanol–water partition coefficient (Wildman–Crippen LogP) is 3.40. The molecular formula is C16H16FNO3S. The predicted molar refractivity (Wildman–Crippen MR) is 82.6 cm³/mol. The summed E-state index contributed by atoms with van der Waals surface area (Å²) in [5, 5.41) is 11.6. The Hall–Kier alpha value is -2.21. The molecule has 0 aliphatic carbocycles. The summed E-state index contributed by atoms with van der Waals surface area (Å²) in [4.78, 5) is 23.7. The lowest BCUT2D eigenvalue weighted by atomic mass is 9.97. The maximum absolute atomic E-state index is 13.2. The SMILES string of the molecule is CC(CC(=O)NCc1ccc(C(=O)O)s1)c1cccc(F)c1. The van der Waals surface area contributed by atoms with Crippen LogP contribution in [0.1, 0.15) is 39.4 Å². The van der Waals surface area contributed by atoms with Gasteiger partial charge in [-0.2, -0.15) is 0 Å². The Balaban J connectivity index is 1.85. The van der Waals surface area contributed by atoms with Crippen LogP contribution in [-0.2, 0) is 11.3 Å². The molecule has 1 heterocycles. The zero-order valence-corrected chi connectivity index (χ0v) is 12.8. The van der Waals surface area contributed by atoms with E-state index in [1.807, 2.05) is 6.92 Å². The van der Waals surface area contributed by atoms with Gasteiger partial charge >= 0.3 is 5.97 Å². The topological polar surface area (TPSA) is 66.4 Å². The third kappa shape index (κ3) is 4.39. The van der Waals surface area contributed by atoms with Crippen molar-refractivity contribution < 1.29 is 19.1 Å². The Labute approximate surface area is 131 Å². The van der Waals surface area contributed by atoms with Gasteiger partial charge in [0.1, 0.15) is 10.7 Å². The van der Waals surface area contributed by atoms with Crippen LogP contribution in [0.15, 0.2) is 36.4 Å². The van der Waals surface area contributed by atoms with Crippen LogP contribution in [0, 0.1) is 5.82 Å². The Morgan fingerprint density at radius 2 is 2.09 bits per heavy atom. The number of aromatic carboxylic acids is 1. The van der Waals surface area contributed by atoms with Gasteiger partial charge in [-0.05, 0) is 35.7 Å². The van der Waals surface area contributed by atoms with Crippen molar-refractivity contribution in [2.75, 3.05) is 0 Å².